The van der Waals surface area contributed by atoms with Crippen molar-refractivity contribution in [3.8, 4) is 0 Å². The molecule has 1 aromatic carbocycles. The van der Waals surface area contributed by atoms with Gasteiger partial charge in [0.15, 0.2) is 0 Å². The highest BCUT2D eigenvalue weighted by molar-refractivity contribution is 5.27. The van der Waals surface area contributed by atoms with Crippen LogP contribution in [0.2, 0.25) is 0 Å². The molecular weight excluding hydrogens is 334 g/mol. The average Bonchev–Trinajstić information content (AvgIpc) is 3.14. The summed E-state index contributed by atoms with van der Waals surface area (Å²) in [6, 6.07) is 10.6. The molecular formula is C23H35N3O. The van der Waals surface area contributed by atoms with Crippen LogP contribution in [0.1, 0.15) is 70.1 Å². The molecule has 148 valence electrons. The predicted octanol–water partition coefficient (Wildman–Crippen LogP) is 5.30. The van der Waals surface area contributed by atoms with Gasteiger partial charge in [-0.05, 0) is 36.2 Å². The highest BCUT2D eigenvalue weighted by Crippen LogP contribution is 2.31. The topological polar surface area (TPSA) is 39.9 Å². The molecule has 0 N–H and O–H groups in total. The van der Waals surface area contributed by atoms with Gasteiger partial charge in [-0.3, -0.25) is 0 Å². The highest BCUT2D eigenvalue weighted by Gasteiger charge is 2.22. The van der Waals surface area contributed by atoms with Crippen molar-refractivity contribution >= 4 is 0 Å². The molecule has 1 aliphatic rings. The Hall–Kier alpha value is -1.68. The molecule has 1 heterocycles. The maximum Gasteiger partial charge on any atom is 0.0904 e. The number of hydrogen-bond donors (Lipinski definition) is 0. The third-order valence-corrected chi connectivity index (χ3v) is 6.06. The van der Waals surface area contributed by atoms with Gasteiger partial charge >= 0.3 is 0 Å². The summed E-state index contributed by atoms with van der Waals surface area (Å²) >= 11 is 0. The minimum absolute atomic E-state index is 0.287. The Morgan fingerprint density at radius 1 is 1.07 bits per heavy atom. The van der Waals surface area contributed by atoms with Crippen LogP contribution >= 0.6 is 0 Å². The van der Waals surface area contributed by atoms with E-state index in [9.17, 15) is 0 Å². The van der Waals surface area contributed by atoms with Gasteiger partial charge < -0.3 is 4.74 Å². The monoisotopic (exact) mass is 369 g/mol. The van der Waals surface area contributed by atoms with Gasteiger partial charge in [-0.25, -0.2) is 4.68 Å². The van der Waals surface area contributed by atoms with E-state index in [4.69, 9.17) is 4.74 Å². The first kappa shape index (κ1) is 20.1. The Morgan fingerprint density at radius 2 is 1.78 bits per heavy atom. The van der Waals surface area contributed by atoms with Crippen molar-refractivity contribution < 1.29 is 4.74 Å². The summed E-state index contributed by atoms with van der Waals surface area (Å²) in [6.45, 7) is 9.19. The predicted molar refractivity (Wildman–Crippen MR) is 110 cm³/mol. The van der Waals surface area contributed by atoms with E-state index in [1.807, 2.05) is 4.68 Å². The molecule has 4 heteroatoms. The van der Waals surface area contributed by atoms with E-state index in [0.29, 0.717) is 12.5 Å². The lowest BCUT2D eigenvalue weighted by Crippen LogP contribution is -2.19. The molecule has 4 nitrogen and oxygen atoms in total. The maximum absolute atomic E-state index is 5.96. The van der Waals surface area contributed by atoms with Gasteiger partial charge in [-0.15, -0.1) is 5.10 Å². The summed E-state index contributed by atoms with van der Waals surface area (Å²) in [4.78, 5) is 0. The first-order valence-electron chi connectivity index (χ1n) is 10.7. The molecule has 0 saturated heterocycles. The molecule has 0 amide bonds. The number of nitrogens with zero attached hydrogens (tertiary/aromatic N) is 3. The zero-order chi connectivity index (χ0) is 19.1. The molecule has 1 aliphatic carbocycles. The zero-order valence-electron chi connectivity index (χ0n) is 17.2. The van der Waals surface area contributed by atoms with E-state index in [1.165, 1.54) is 37.7 Å². The summed E-state index contributed by atoms with van der Waals surface area (Å²) in [5.74, 6) is 2.47. The Bertz CT molecular complexity index is 659. The lowest BCUT2D eigenvalue weighted by molar-refractivity contribution is 0.0708. The standard InChI is InChI=1S/C23H35N3O/c1-4-19-10-12-20(13-11-19)17-27-15-14-26-16-22(24-25-26)23(18(2)3)21-8-6-5-7-9-21/h5-9,16,18-20,23H,4,10-15,17H2,1-3H3. The Morgan fingerprint density at radius 3 is 2.44 bits per heavy atom. The van der Waals surface area contributed by atoms with E-state index in [1.54, 1.807) is 0 Å². The first-order valence-corrected chi connectivity index (χ1v) is 10.7. The lowest BCUT2D eigenvalue weighted by Gasteiger charge is -2.27. The van der Waals surface area contributed by atoms with E-state index < -0.39 is 0 Å². The SMILES string of the molecule is CCC1CCC(COCCn2cc(C(c3ccccc3)C(C)C)nn2)CC1. The zero-order valence-corrected chi connectivity index (χ0v) is 17.2. The van der Waals surface area contributed by atoms with Crippen LogP contribution in [-0.2, 0) is 11.3 Å². The van der Waals surface area contributed by atoms with Crippen LogP contribution in [0, 0.1) is 17.8 Å². The van der Waals surface area contributed by atoms with Crippen molar-refractivity contribution in [1.29, 1.82) is 0 Å². The van der Waals surface area contributed by atoms with Crippen molar-refractivity contribution in [2.45, 2.75) is 65.3 Å². The molecule has 0 bridgehead atoms. The Labute approximate surface area is 164 Å². The minimum Gasteiger partial charge on any atom is -0.379 e. The van der Waals surface area contributed by atoms with Crippen LogP contribution in [0.25, 0.3) is 0 Å². The second kappa shape index (κ2) is 10.0. The number of rotatable bonds is 9. The Balaban J connectivity index is 1.46. The van der Waals surface area contributed by atoms with E-state index >= 15 is 0 Å². The fourth-order valence-electron chi connectivity index (χ4n) is 4.34. The highest BCUT2D eigenvalue weighted by atomic mass is 16.5. The maximum atomic E-state index is 5.96. The molecule has 1 saturated carbocycles. The molecule has 1 atom stereocenters. The smallest absolute Gasteiger partial charge is 0.0904 e. The molecule has 3 rings (SSSR count). The molecule has 1 unspecified atom stereocenters. The molecule has 1 aromatic heterocycles. The van der Waals surface area contributed by atoms with Crippen molar-refractivity contribution in [3.05, 3.63) is 47.8 Å². The second-order valence-electron chi connectivity index (χ2n) is 8.41. The van der Waals surface area contributed by atoms with Crippen LogP contribution in [0.3, 0.4) is 0 Å². The average molecular weight is 370 g/mol. The second-order valence-corrected chi connectivity index (χ2v) is 8.41. The van der Waals surface area contributed by atoms with E-state index in [2.05, 4.69) is 67.6 Å². The number of benzene rings is 1. The summed E-state index contributed by atoms with van der Waals surface area (Å²) in [5.41, 5.74) is 2.35. The van der Waals surface area contributed by atoms with E-state index in [-0.39, 0.29) is 5.92 Å². The van der Waals surface area contributed by atoms with E-state index in [0.717, 1.165) is 30.7 Å². The van der Waals surface area contributed by atoms with Gasteiger partial charge in [0, 0.05) is 18.7 Å². The van der Waals surface area contributed by atoms with Gasteiger partial charge in [-0.2, -0.15) is 0 Å². The minimum atomic E-state index is 0.287. The summed E-state index contributed by atoms with van der Waals surface area (Å²) in [6.07, 6.45) is 8.86. The van der Waals surface area contributed by atoms with Crippen molar-refractivity contribution in [3.63, 3.8) is 0 Å². The van der Waals surface area contributed by atoms with Gasteiger partial charge in [0.05, 0.1) is 18.8 Å². The third-order valence-electron chi connectivity index (χ3n) is 6.06. The third kappa shape index (κ3) is 5.65. The van der Waals surface area contributed by atoms with Crippen molar-refractivity contribution in [1.82, 2.24) is 15.0 Å². The molecule has 0 spiro atoms. The Kier molecular flexibility index (Phi) is 7.45. The van der Waals surface area contributed by atoms with Crippen LogP contribution in [0.15, 0.2) is 36.5 Å². The summed E-state index contributed by atoms with van der Waals surface area (Å²) in [7, 11) is 0. The molecule has 2 aromatic rings. The van der Waals surface area contributed by atoms with Crippen molar-refractivity contribution in [2.75, 3.05) is 13.2 Å². The number of ether oxygens (including phenoxy) is 1. The first-order chi connectivity index (χ1) is 13.2. The molecule has 27 heavy (non-hydrogen) atoms. The summed E-state index contributed by atoms with van der Waals surface area (Å²) in [5, 5.41) is 8.79. The lowest BCUT2D eigenvalue weighted by atomic mass is 9.81. The summed E-state index contributed by atoms with van der Waals surface area (Å²) < 4.78 is 7.89. The molecule has 1 fully saturated rings. The fraction of sp³-hybridized carbons (Fsp3) is 0.652. The van der Waals surface area contributed by atoms with Gasteiger partial charge in [0.1, 0.15) is 0 Å². The quantitative estimate of drug-likeness (QED) is 0.563. The fourth-order valence-corrected chi connectivity index (χ4v) is 4.34. The van der Waals surface area contributed by atoms with Gasteiger partial charge in [0.25, 0.3) is 0 Å². The van der Waals surface area contributed by atoms with Crippen LogP contribution in [-0.4, -0.2) is 28.2 Å². The van der Waals surface area contributed by atoms with Crippen LogP contribution in [0.5, 0.6) is 0 Å². The van der Waals surface area contributed by atoms with Crippen LogP contribution < -0.4 is 0 Å². The molecule has 0 aliphatic heterocycles. The van der Waals surface area contributed by atoms with Gasteiger partial charge in [0.2, 0.25) is 0 Å². The number of aromatic nitrogens is 3. The normalized spacial score (nSPS) is 21.5. The van der Waals surface area contributed by atoms with Gasteiger partial charge in [-0.1, -0.05) is 75.6 Å². The van der Waals surface area contributed by atoms with Crippen molar-refractivity contribution in [2.24, 2.45) is 17.8 Å². The van der Waals surface area contributed by atoms with Crippen LogP contribution in [0.4, 0.5) is 0 Å². The number of hydrogen-bond acceptors (Lipinski definition) is 3. The largest absolute Gasteiger partial charge is 0.379 e. The molecule has 0 radical (unpaired) electrons.